The van der Waals surface area contributed by atoms with E-state index in [9.17, 15) is 4.79 Å². The van der Waals surface area contributed by atoms with Crippen LogP contribution in [0.4, 0.5) is 0 Å². The van der Waals surface area contributed by atoms with E-state index in [0.29, 0.717) is 11.8 Å². The maximum Gasteiger partial charge on any atom is 0.191 e. The molecule has 2 nitrogen and oxygen atoms in total. The SMILES string of the molecule is CC(C)(C)[Si](C)(C)OC[C@@H]1CCCC[C@H]1C=CC=CC=O. The fourth-order valence-corrected chi connectivity index (χ4v) is 3.61. The minimum absolute atomic E-state index is 0.277. The van der Waals surface area contributed by atoms with E-state index in [2.05, 4.69) is 39.9 Å². The van der Waals surface area contributed by atoms with Crippen LogP contribution in [0.2, 0.25) is 18.1 Å². The second-order valence-corrected chi connectivity index (χ2v) is 12.5. The van der Waals surface area contributed by atoms with E-state index in [-0.39, 0.29) is 5.04 Å². The highest BCUT2D eigenvalue weighted by atomic mass is 28.4. The first-order valence-electron chi connectivity index (χ1n) is 8.20. The second-order valence-electron chi connectivity index (χ2n) is 7.69. The van der Waals surface area contributed by atoms with Crippen LogP contribution in [0.5, 0.6) is 0 Å². The molecule has 0 radical (unpaired) electrons. The molecule has 21 heavy (non-hydrogen) atoms. The lowest BCUT2D eigenvalue weighted by Gasteiger charge is -2.39. The Hall–Kier alpha value is -0.673. The number of carbonyl (C=O) groups excluding carboxylic acids is 1. The van der Waals surface area contributed by atoms with Gasteiger partial charge in [-0.3, -0.25) is 4.79 Å². The van der Waals surface area contributed by atoms with Gasteiger partial charge in [-0.05, 0) is 48.9 Å². The van der Waals surface area contributed by atoms with Crippen molar-refractivity contribution in [2.75, 3.05) is 6.61 Å². The van der Waals surface area contributed by atoms with Crippen LogP contribution in [-0.2, 0) is 9.22 Å². The zero-order valence-electron chi connectivity index (χ0n) is 14.4. The summed E-state index contributed by atoms with van der Waals surface area (Å²) in [4.78, 5) is 10.3. The Morgan fingerprint density at radius 2 is 1.76 bits per heavy atom. The third kappa shape index (κ3) is 5.91. The van der Waals surface area contributed by atoms with Crippen molar-refractivity contribution in [2.45, 2.75) is 64.6 Å². The van der Waals surface area contributed by atoms with E-state index in [0.717, 1.165) is 12.9 Å². The van der Waals surface area contributed by atoms with Gasteiger partial charge in [-0.25, -0.2) is 0 Å². The van der Waals surface area contributed by atoms with Gasteiger partial charge in [-0.15, -0.1) is 0 Å². The first kappa shape index (κ1) is 18.4. The minimum atomic E-state index is -1.65. The van der Waals surface area contributed by atoms with Crippen molar-refractivity contribution in [1.82, 2.24) is 0 Å². The van der Waals surface area contributed by atoms with Gasteiger partial charge in [0.15, 0.2) is 8.32 Å². The topological polar surface area (TPSA) is 26.3 Å². The molecule has 0 N–H and O–H groups in total. The van der Waals surface area contributed by atoms with E-state index in [1.165, 1.54) is 25.7 Å². The highest BCUT2D eigenvalue weighted by Crippen LogP contribution is 2.38. The predicted octanol–water partition coefficient (Wildman–Crippen LogP) is 5.13. The number of hydrogen-bond acceptors (Lipinski definition) is 2. The van der Waals surface area contributed by atoms with E-state index in [1.807, 2.05) is 12.2 Å². The van der Waals surface area contributed by atoms with Crippen LogP contribution < -0.4 is 0 Å². The molecule has 2 atom stereocenters. The highest BCUT2D eigenvalue weighted by molar-refractivity contribution is 6.74. The Morgan fingerprint density at radius 3 is 2.38 bits per heavy atom. The van der Waals surface area contributed by atoms with Gasteiger partial charge in [0.1, 0.15) is 6.29 Å². The number of allylic oxidation sites excluding steroid dienone is 4. The summed E-state index contributed by atoms with van der Waals surface area (Å²) in [5, 5.41) is 0.277. The molecule has 1 fully saturated rings. The molecule has 1 aliphatic rings. The van der Waals surface area contributed by atoms with E-state index in [4.69, 9.17) is 4.43 Å². The lowest BCUT2D eigenvalue weighted by atomic mass is 9.79. The molecule has 1 aliphatic carbocycles. The van der Waals surface area contributed by atoms with Crippen molar-refractivity contribution in [3.05, 3.63) is 24.3 Å². The van der Waals surface area contributed by atoms with Gasteiger partial charge in [0, 0.05) is 6.61 Å². The zero-order chi connectivity index (χ0) is 15.9. The standard InChI is InChI=1S/C18H32O2Si/c1-18(2,3)21(4,5)20-15-17-13-9-8-12-16(17)11-7-6-10-14-19/h6-7,10-11,14,16-17H,8-9,12-13,15H2,1-5H3/t16-,17+/m1/s1. The van der Waals surface area contributed by atoms with Gasteiger partial charge in [0.2, 0.25) is 0 Å². The van der Waals surface area contributed by atoms with Gasteiger partial charge in [-0.1, -0.05) is 51.8 Å². The molecule has 0 saturated heterocycles. The van der Waals surface area contributed by atoms with E-state index < -0.39 is 8.32 Å². The second kappa shape index (κ2) is 8.09. The van der Waals surface area contributed by atoms with Crippen molar-refractivity contribution in [3.8, 4) is 0 Å². The lowest BCUT2D eigenvalue weighted by Crippen LogP contribution is -2.42. The summed E-state index contributed by atoms with van der Waals surface area (Å²) in [5.41, 5.74) is 0. The van der Waals surface area contributed by atoms with Gasteiger partial charge >= 0.3 is 0 Å². The summed E-state index contributed by atoms with van der Waals surface area (Å²) in [5.74, 6) is 1.23. The Morgan fingerprint density at radius 1 is 1.10 bits per heavy atom. The quantitative estimate of drug-likeness (QED) is 0.294. The van der Waals surface area contributed by atoms with Gasteiger partial charge in [-0.2, -0.15) is 0 Å². The number of carbonyl (C=O) groups is 1. The van der Waals surface area contributed by atoms with Crippen molar-refractivity contribution in [1.29, 1.82) is 0 Å². The predicted molar refractivity (Wildman–Crippen MR) is 92.9 cm³/mol. The zero-order valence-corrected chi connectivity index (χ0v) is 15.4. The van der Waals surface area contributed by atoms with Crippen LogP contribution in [0.3, 0.4) is 0 Å². The summed E-state index contributed by atoms with van der Waals surface area (Å²) in [6.07, 6.45) is 13.6. The molecule has 0 aromatic carbocycles. The first-order chi connectivity index (χ1) is 9.78. The minimum Gasteiger partial charge on any atom is -0.417 e. The molecule has 0 aromatic heterocycles. The molecule has 0 bridgehead atoms. The number of aldehydes is 1. The van der Waals surface area contributed by atoms with Crippen molar-refractivity contribution >= 4 is 14.6 Å². The van der Waals surface area contributed by atoms with E-state index in [1.54, 1.807) is 6.08 Å². The van der Waals surface area contributed by atoms with Gasteiger partial charge in [0.05, 0.1) is 0 Å². The number of rotatable bonds is 6. The third-order valence-corrected chi connectivity index (χ3v) is 9.59. The summed E-state index contributed by atoms with van der Waals surface area (Å²) in [6, 6.07) is 0. The normalized spacial score (nSPS) is 24.8. The first-order valence-corrected chi connectivity index (χ1v) is 11.1. The molecule has 0 aromatic rings. The van der Waals surface area contributed by atoms with Crippen LogP contribution >= 0.6 is 0 Å². The Kier molecular flexibility index (Phi) is 7.08. The number of hydrogen-bond donors (Lipinski definition) is 0. The molecule has 120 valence electrons. The lowest BCUT2D eigenvalue weighted by molar-refractivity contribution is -0.104. The van der Waals surface area contributed by atoms with Crippen molar-refractivity contribution in [2.24, 2.45) is 11.8 Å². The molecule has 0 unspecified atom stereocenters. The van der Waals surface area contributed by atoms with Crippen molar-refractivity contribution in [3.63, 3.8) is 0 Å². The molecule has 1 saturated carbocycles. The average Bonchev–Trinajstić information content (AvgIpc) is 2.41. The summed E-state index contributed by atoms with van der Waals surface area (Å²) < 4.78 is 6.42. The molecule has 0 spiro atoms. The van der Waals surface area contributed by atoms with Crippen LogP contribution in [0.25, 0.3) is 0 Å². The fraction of sp³-hybridized carbons (Fsp3) is 0.722. The molecular weight excluding hydrogens is 276 g/mol. The molecule has 0 aliphatic heterocycles. The molecule has 1 rings (SSSR count). The summed E-state index contributed by atoms with van der Waals surface area (Å²) in [7, 11) is -1.65. The largest absolute Gasteiger partial charge is 0.417 e. The summed E-state index contributed by atoms with van der Waals surface area (Å²) >= 11 is 0. The molecular formula is C18H32O2Si. The maximum atomic E-state index is 10.3. The Labute approximate surface area is 131 Å². The Balaban J connectivity index is 2.60. The summed E-state index contributed by atoms with van der Waals surface area (Å²) in [6.45, 7) is 12.4. The van der Waals surface area contributed by atoms with Crippen LogP contribution in [0.1, 0.15) is 46.5 Å². The monoisotopic (exact) mass is 308 g/mol. The van der Waals surface area contributed by atoms with Crippen molar-refractivity contribution < 1.29 is 9.22 Å². The van der Waals surface area contributed by atoms with Gasteiger partial charge < -0.3 is 4.43 Å². The third-order valence-electron chi connectivity index (χ3n) is 5.09. The smallest absolute Gasteiger partial charge is 0.191 e. The molecule has 0 amide bonds. The molecule has 0 heterocycles. The van der Waals surface area contributed by atoms with Crippen LogP contribution in [-0.4, -0.2) is 21.2 Å². The van der Waals surface area contributed by atoms with E-state index >= 15 is 0 Å². The maximum absolute atomic E-state index is 10.3. The van der Waals surface area contributed by atoms with Crippen LogP contribution in [0, 0.1) is 11.8 Å². The molecule has 3 heteroatoms. The Bertz CT molecular complexity index is 377. The van der Waals surface area contributed by atoms with Gasteiger partial charge in [0.25, 0.3) is 0 Å². The van der Waals surface area contributed by atoms with Crippen LogP contribution in [0.15, 0.2) is 24.3 Å². The fourth-order valence-electron chi connectivity index (χ4n) is 2.54. The average molecular weight is 309 g/mol. The highest BCUT2D eigenvalue weighted by Gasteiger charge is 2.38.